The van der Waals surface area contributed by atoms with Gasteiger partial charge in [0.1, 0.15) is -0.824 Å². The Labute approximate surface area is 87.9 Å². The van der Waals surface area contributed by atoms with Crippen molar-refractivity contribution in [3.05, 3.63) is 13.2 Å². The van der Waals surface area contributed by atoms with Crippen LogP contribution in [-0.2, 0) is 0 Å². The SMILES string of the molecule is C=C.PC(I)(I)I. The average Bonchev–Trinajstić information content (AvgIpc) is 1.36. The first-order valence-electron chi connectivity index (χ1n) is 1.36. The highest BCUT2D eigenvalue weighted by Crippen LogP contribution is 2.41. The molecule has 0 aromatic rings. The van der Waals surface area contributed by atoms with Crippen molar-refractivity contribution in [1.82, 2.24) is 0 Å². The predicted molar refractivity (Wildman–Crippen MR) is 65.8 cm³/mol. The second-order valence-electron chi connectivity index (χ2n) is 0.542. The summed E-state index contributed by atoms with van der Waals surface area (Å²) in [4.78, 5) is 0. The summed E-state index contributed by atoms with van der Waals surface area (Å²) in [6, 6.07) is 0. The molecule has 0 heterocycles. The summed E-state index contributed by atoms with van der Waals surface area (Å²) in [5.41, 5.74) is 0. The molecule has 0 radical (unpaired) electrons. The molecule has 0 rings (SSSR count). The normalized spacial score (nSPS) is 9.14. The zero-order valence-electron chi connectivity index (χ0n) is 3.63. The maximum absolute atomic E-state index is 3.00. The molecule has 4 heteroatoms. The summed E-state index contributed by atoms with van der Waals surface area (Å²) in [5.74, 6) is 0. The van der Waals surface area contributed by atoms with Crippen LogP contribution >= 0.6 is 77.0 Å². The molecule has 0 fully saturated rings. The molecule has 0 aliphatic rings. The third-order valence-electron chi connectivity index (χ3n) is 0. The van der Waals surface area contributed by atoms with Crippen LogP contribution in [0.2, 0.25) is 0 Å². The maximum atomic E-state index is 3.00. The minimum absolute atomic E-state index is 0.327. The van der Waals surface area contributed by atoms with Crippen LogP contribution in [0.3, 0.4) is 0 Å². The molecule has 44 valence electrons. The van der Waals surface area contributed by atoms with E-state index in [1.807, 2.05) is 0 Å². The van der Waals surface area contributed by atoms with E-state index in [1.165, 1.54) is 0 Å². The highest BCUT2D eigenvalue weighted by molar-refractivity contribution is 14.3. The van der Waals surface area contributed by atoms with Gasteiger partial charge in [-0.05, 0) is 0 Å². The highest BCUT2D eigenvalue weighted by Gasteiger charge is 2.04. The lowest BCUT2D eigenvalue weighted by Crippen LogP contribution is -1.73. The smallest absolute Gasteiger partial charge is 0.106 e. The van der Waals surface area contributed by atoms with E-state index < -0.39 is 0 Å². The van der Waals surface area contributed by atoms with Crippen LogP contribution in [0.4, 0.5) is 0 Å². The molecule has 1 unspecified atom stereocenters. The fourth-order valence-corrected chi connectivity index (χ4v) is 0. The van der Waals surface area contributed by atoms with Crippen LogP contribution in [0.15, 0.2) is 13.2 Å². The third-order valence-corrected chi connectivity index (χ3v) is 0. The Bertz CT molecular complexity index is 33.9. The summed E-state index contributed by atoms with van der Waals surface area (Å²) in [6.07, 6.45) is 0. The van der Waals surface area contributed by atoms with Gasteiger partial charge in [-0.3, -0.25) is 0 Å². The van der Waals surface area contributed by atoms with Crippen molar-refractivity contribution < 1.29 is 0 Å². The van der Waals surface area contributed by atoms with Gasteiger partial charge in [0.05, 0.1) is 0 Å². The summed E-state index contributed by atoms with van der Waals surface area (Å²) >= 11 is 6.94. The minimum Gasteiger partial charge on any atom is -0.106 e. The van der Waals surface area contributed by atoms with Crippen molar-refractivity contribution in [2.24, 2.45) is 0 Å². The molecule has 0 aromatic carbocycles. The van der Waals surface area contributed by atoms with Crippen LogP contribution < -0.4 is 0 Å². The molecular weight excluding hydrogens is 448 g/mol. The van der Waals surface area contributed by atoms with Crippen molar-refractivity contribution in [3.63, 3.8) is 0 Å². The molecule has 0 aliphatic carbocycles. The first-order valence-corrected chi connectivity index (χ1v) is 5.17. The largest absolute Gasteiger partial charge is 0.137 e. The van der Waals surface area contributed by atoms with Crippen molar-refractivity contribution in [2.75, 3.05) is 0 Å². The van der Waals surface area contributed by atoms with Crippen molar-refractivity contribution in [1.29, 1.82) is 0 Å². The maximum Gasteiger partial charge on any atom is 0.137 e. The summed E-state index contributed by atoms with van der Waals surface area (Å²) < 4.78 is 0.327. The zero-order chi connectivity index (χ0) is 6.50. The highest BCUT2D eigenvalue weighted by atomic mass is 127. The topological polar surface area (TPSA) is 0 Å². The van der Waals surface area contributed by atoms with Gasteiger partial charge in [0, 0.05) is 0 Å². The van der Waals surface area contributed by atoms with Crippen LogP contribution in [-0.4, -0.2) is -0.824 Å². The molecule has 0 N–H and O–H groups in total. The Morgan fingerprint density at radius 2 is 1.14 bits per heavy atom. The predicted octanol–water partition coefficient (Wildman–Crippen LogP) is 3.58. The summed E-state index contributed by atoms with van der Waals surface area (Å²) in [6.45, 7) is 6.00. The molecule has 0 nitrogen and oxygen atoms in total. The van der Waals surface area contributed by atoms with Gasteiger partial charge in [-0.2, -0.15) is 0 Å². The lowest BCUT2D eigenvalue weighted by molar-refractivity contribution is 2.26. The molecular formula is C3H6I3P. The van der Waals surface area contributed by atoms with E-state index in [0.717, 1.165) is 0 Å². The van der Waals surface area contributed by atoms with E-state index in [4.69, 9.17) is 0 Å². The van der Waals surface area contributed by atoms with Crippen LogP contribution in [0.1, 0.15) is 0 Å². The van der Waals surface area contributed by atoms with Crippen LogP contribution in [0.5, 0.6) is 0 Å². The van der Waals surface area contributed by atoms with Crippen LogP contribution in [0, 0.1) is 0 Å². The van der Waals surface area contributed by atoms with Crippen LogP contribution in [0.25, 0.3) is 0 Å². The molecule has 0 bridgehead atoms. The summed E-state index contributed by atoms with van der Waals surface area (Å²) in [7, 11) is 2.68. The second-order valence-corrected chi connectivity index (χ2v) is 16.2. The molecule has 0 saturated carbocycles. The van der Waals surface area contributed by atoms with E-state index >= 15 is 0 Å². The van der Waals surface area contributed by atoms with Gasteiger partial charge in [-0.15, -0.1) is 13.2 Å². The monoisotopic (exact) mass is 454 g/mol. The van der Waals surface area contributed by atoms with Gasteiger partial charge >= 0.3 is 0 Å². The fourth-order valence-electron chi connectivity index (χ4n) is 0. The van der Waals surface area contributed by atoms with Gasteiger partial charge in [-0.25, -0.2) is 0 Å². The van der Waals surface area contributed by atoms with E-state index in [0.29, 0.717) is -0.824 Å². The summed E-state index contributed by atoms with van der Waals surface area (Å²) in [5, 5.41) is 0. The minimum atomic E-state index is 0.327. The van der Waals surface area contributed by atoms with Crippen molar-refractivity contribution in [2.45, 2.75) is -0.824 Å². The number of hydrogen-bond acceptors (Lipinski definition) is 0. The zero-order valence-corrected chi connectivity index (χ0v) is 11.3. The number of hydrogen-bond donors (Lipinski definition) is 0. The standard InChI is InChI=1S/C2H4.CH2I3P/c1-2;2-1(3,4)5/h1-2H2;5H2. The Kier molecular flexibility index (Phi) is 11.2. The molecule has 7 heavy (non-hydrogen) atoms. The molecule has 1 atom stereocenters. The van der Waals surface area contributed by atoms with Gasteiger partial charge in [0.25, 0.3) is 0 Å². The van der Waals surface area contributed by atoms with Crippen molar-refractivity contribution >= 4 is 77.0 Å². The lowest BCUT2D eigenvalue weighted by atomic mass is 11.3. The van der Waals surface area contributed by atoms with Gasteiger partial charge in [-0.1, -0.05) is 77.0 Å². The van der Waals surface area contributed by atoms with Gasteiger partial charge in [0.2, 0.25) is 0 Å². The molecule has 0 amide bonds. The Hall–Kier alpha value is 2.36. The number of rotatable bonds is 0. The van der Waals surface area contributed by atoms with E-state index in [-0.39, 0.29) is 0 Å². The van der Waals surface area contributed by atoms with E-state index in [2.05, 4.69) is 90.2 Å². The molecule has 0 saturated heterocycles. The van der Waals surface area contributed by atoms with Crippen molar-refractivity contribution in [3.8, 4) is 0 Å². The lowest BCUT2D eigenvalue weighted by Gasteiger charge is -1.96. The Morgan fingerprint density at radius 1 is 1.14 bits per heavy atom. The first kappa shape index (κ1) is 12.1. The molecule has 0 aliphatic heterocycles. The quantitative estimate of drug-likeness (QED) is 0.228. The number of halogens is 3. The molecule has 0 spiro atoms. The molecule has 0 aromatic heterocycles. The fraction of sp³-hybridized carbons (Fsp3) is 0.333. The van der Waals surface area contributed by atoms with Gasteiger partial charge in [0.15, 0.2) is 0 Å². The second kappa shape index (κ2) is 6.48. The number of alkyl halides is 3. The Balaban J connectivity index is 0. The average molecular weight is 454 g/mol. The van der Waals surface area contributed by atoms with E-state index in [9.17, 15) is 0 Å². The van der Waals surface area contributed by atoms with Gasteiger partial charge < -0.3 is 0 Å². The third kappa shape index (κ3) is 60.7. The van der Waals surface area contributed by atoms with E-state index in [1.54, 1.807) is 0 Å². The first-order chi connectivity index (χ1) is 3.00. The Morgan fingerprint density at radius 3 is 1.14 bits per heavy atom.